The van der Waals surface area contributed by atoms with Gasteiger partial charge in [-0.2, -0.15) is 0 Å². The first-order chi connectivity index (χ1) is 13.9. The Morgan fingerprint density at radius 1 is 1.21 bits per heavy atom. The van der Waals surface area contributed by atoms with Gasteiger partial charge >= 0.3 is 5.97 Å². The van der Waals surface area contributed by atoms with Crippen molar-refractivity contribution >= 4 is 34.7 Å². The predicted octanol–water partition coefficient (Wildman–Crippen LogP) is 3.75. The number of rotatable bonds is 6. The zero-order valence-corrected chi connectivity index (χ0v) is 17.0. The maximum Gasteiger partial charge on any atom is 0.340 e. The van der Waals surface area contributed by atoms with Gasteiger partial charge in [0.25, 0.3) is 0 Å². The molecule has 0 aliphatic carbocycles. The van der Waals surface area contributed by atoms with Gasteiger partial charge in [0.05, 0.1) is 18.5 Å². The number of nitrogens with zero attached hydrogens (tertiary/aromatic N) is 1. The summed E-state index contributed by atoms with van der Waals surface area (Å²) in [7, 11) is 0. The Kier molecular flexibility index (Phi) is 5.07. The fraction of sp³-hybridized carbons (Fsp3) is 0.227. The summed E-state index contributed by atoms with van der Waals surface area (Å²) < 4.78 is 7.35. The number of hydrogen-bond donors (Lipinski definition) is 1. The van der Waals surface area contributed by atoms with Crippen molar-refractivity contribution < 1.29 is 19.1 Å². The van der Waals surface area contributed by atoms with Gasteiger partial charge in [-0.05, 0) is 55.1 Å². The number of aryl methyl sites for hydroxylation is 1. The van der Waals surface area contributed by atoms with Crippen LogP contribution >= 0.6 is 11.3 Å². The number of esters is 1. The molecule has 0 unspecified atom stereocenters. The van der Waals surface area contributed by atoms with Crippen LogP contribution in [0.1, 0.15) is 42.5 Å². The molecular weight excluding hydrogens is 388 g/mol. The lowest BCUT2D eigenvalue weighted by atomic mass is 10.1. The second kappa shape index (κ2) is 7.67. The molecule has 0 fully saturated rings. The van der Waals surface area contributed by atoms with E-state index in [1.807, 2.05) is 25.3 Å². The van der Waals surface area contributed by atoms with Gasteiger partial charge in [-0.15, -0.1) is 11.3 Å². The Morgan fingerprint density at radius 3 is 2.79 bits per heavy atom. The standard InChI is InChI=1S/C22H20N2O4S/c1-13-8-18(14(2)24(13)11-17-4-3-7-29-17)22(27)28-12-20(25)15-5-6-19-16(9-15)10-21(26)23-19/h3-9H,10-12H2,1-2H3,(H,23,26). The number of hydrogen-bond acceptors (Lipinski definition) is 5. The Balaban J connectivity index is 1.43. The zero-order valence-electron chi connectivity index (χ0n) is 16.2. The molecule has 3 heterocycles. The third-order valence-corrected chi connectivity index (χ3v) is 5.94. The third kappa shape index (κ3) is 3.86. The molecule has 0 radical (unpaired) electrons. The van der Waals surface area contributed by atoms with E-state index in [2.05, 4.69) is 16.0 Å². The van der Waals surface area contributed by atoms with Crippen LogP contribution in [0.25, 0.3) is 0 Å². The highest BCUT2D eigenvalue weighted by molar-refractivity contribution is 7.09. The molecule has 0 atom stereocenters. The number of thiophene rings is 1. The van der Waals surface area contributed by atoms with Gasteiger partial charge in [-0.3, -0.25) is 9.59 Å². The van der Waals surface area contributed by atoms with Crippen LogP contribution in [0.15, 0.2) is 41.8 Å². The SMILES string of the molecule is Cc1cc(C(=O)OCC(=O)c2ccc3c(c2)CC(=O)N3)c(C)n1Cc1cccs1. The molecule has 3 aromatic rings. The summed E-state index contributed by atoms with van der Waals surface area (Å²) in [5.74, 6) is -0.899. The summed E-state index contributed by atoms with van der Waals surface area (Å²) in [5.41, 5.74) is 4.18. The average molecular weight is 408 g/mol. The fourth-order valence-electron chi connectivity index (χ4n) is 3.50. The maximum atomic E-state index is 12.6. The molecular formula is C22H20N2O4S. The molecule has 2 aromatic heterocycles. The van der Waals surface area contributed by atoms with Crippen molar-refractivity contribution in [3.8, 4) is 0 Å². The van der Waals surface area contributed by atoms with Gasteiger partial charge in [0.1, 0.15) is 0 Å². The predicted molar refractivity (Wildman–Crippen MR) is 111 cm³/mol. The third-order valence-electron chi connectivity index (χ3n) is 5.07. The van der Waals surface area contributed by atoms with Crippen molar-refractivity contribution in [1.82, 2.24) is 4.57 Å². The number of benzene rings is 1. The average Bonchev–Trinajstić information content (AvgIpc) is 3.40. The van der Waals surface area contributed by atoms with E-state index in [4.69, 9.17) is 4.74 Å². The maximum absolute atomic E-state index is 12.6. The normalized spacial score (nSPS) is 12.6. The molecule has 1 aliphatic heterocycles. The lowest BCUT2D eigenvalue weighted by Gasteiger charge is -2.09. The number of aromatic nitrogens is 1. The second-order valence-corrected chi connectivity index (χ2v) is 8.08. The van der Waals surface area contributed by atoms with Gasteiger partial charge in [0.15, 0.2) is 12.4 Å². The van der Waals surface area contributed by atoms with Gasteiger partial charge < -0.3 is 14.6 Å². The molecule has 6 nitrogen and oxygen atoms in total. The van der Waals surface area contributed by atoms with E-state index in [0.717, 1.165) is 22.6 Å². The van der Waals surface area contributed by atoms with Crippen molar-refractivity contribution in [3.05, 3.63) is 74.7 Å². The van der Waals surface area contributed by atoms with Gasteiger partial charge in [-0.25, -0.2) is 4.79 Å². The summed E-state index contributed by atoms with van der Waals surface area (Å²) in [6, 6.07) is 10.9. The van der Waals surface area contributed by atoms with Crippen molar-refractivity contribution in [2.75, 3.05) is 11.9 Å². The van der Waals surface area contributed by atoms with Crippen LogP contribution in [0, 0.1) is 13.8 Å². The lowest BCUT2D eigenvalue weighted by molar-refractivity contribution is -0.115. The molecule has 1 N–H and O–H groups in total. The van der Waals surface area contributed by atoms with E-state index in [0.29, 0.717) is 17.7 Å². The number of carbonyl (C=O) groups excluding carboxylic acids is 3. The number of Topliss-reactive ketones (excluding diaryl/α,β-unsaturated/α-hetero) is 1. The number of anilines is 1. The zero-order chi connectivity index (χ0) is 20.5. The summed E-state index contributed by atoms with van der Waals surface area (Å²) in [6.45, 7) is 4.18. The molecule has 29 heavy (non-hydrogen) atoms. The van der Waals surface area contributed by atoms with Gasteiger partial charge in [0.2, 0.25) is 5.91 Å². The molecule has 1 amide bonds. The molecule has 1 aromatic carbocycles. The van der Waals surface area contributed by atoms with Crippen LogP contribution in [0.5, 0.6) is 0 Å². The van der Waals surface area contributed by atoms with Crippen LogP contribution in [0.2, 0.25) is 0 Å². The molecule has 7 heteroatoms. The van der Waals surface area contributed by atoms with E-state index >= 15 is 0 Å². The first-order valence-corrected chi connectivity index (χ1v) is 10.1. The molecule has 0 spiro atoms. The highest BCUT2D eigenvalue weighted by atomic mass is 32.1. The molecule has 4 rings (SSSR count). The minimum absolute atomic E-state index is 0.0890. The fourth-order valence-corrected chi connectivity index (χ4v) is 4.20. The Labute approximate surface area is 172 Å². The van der Waals surface area contributed by atoms with Crippen LogP contribution in [-0.4, -0.2) is 28.8 Å². The van der Waals surface area contributed by atoms with E-state index in [1.54, 1.807) is 35.6 Å². The number of nitrogens with one attached hydrogen (secondary N) is 1. The Bertz CT molecular complexity index is 1110. The van der Waals surface area contributed by atoms with Crippen LogP contribution in [0.4, 0.5) is 5.69 Å². The van der Waals surface area contributed by atoms with E-state index in [9.17, 15) is 14.4 Å². The molecule has 0 saturated carbocycles. The molecule has 148 valence electrons. The molecule has 0 bridgehead atoms. The monoisotopic (exact) mass is 408 g/mol. The number of ketones is 1. The first kappa shape index (κ1) is 19.1. The lowest BCUT2D eigenvalue weighted by Crippen LogP contribution is -2.15. The number of carbonyl (C=O) groups is 3. The van der Waals surface area contributed by atoms with Crippen LogP contribution in [-0.2, 0) is 22.5 Å². The Hall–Kier alpha value is -3.19. The quantitative estimate of drug-likeness (QED) is 0.498. The molecule has 1 aliphatic rings. The van der Waals surface area contributed by atoms with E-state index < -0.39 is 5.97 Å². The van der Waals surface area contributed by atoms with E-state index in [1.165, 1.54) is 4.88 Å². The highest BCUT2D eigenvalue weighted by Crippen LogP contribution is 2.24. The number of ether oxygens (including phenoxy) is 1. The number of amides is 1. The molecule has 0 saturated heterocycles. The van der Waals surface area contributed by atoms with Gasteiger partial charge in [-0.1, -0.05) is 6.07 Å². The van der Waals surface area contributed by atoms with Crippen molar-refractivity contribution in [2.24, 2.45) is 0 Å². The highest BCUT2D eigenvalue weighted by Gasteiger charge is 2.21. The van der Waals surface area contributed by atoms with Gasteiger partial charge in [0, 0.05) is 27.5 Å². The summed E-state index contributed by atoms with van der Waals surface area (Å²) in [5, 5.41) is 4.75. The van der Waals surface area contributed by atoms with E-state index in [-0.39, 0.29) is 24.7 Å². The summed E-state index contributed by atoms with van der Waals surface area (Å²) >= 11 is 1.67. The summed E-state index contributed by atoms with van der Waals surface area (Å²) in [6.07, 6.45) is 0.256. The minimum Gasteiger partial charge on any atom is -0.454 e. The largest absolute Gasteiger partial charge is 0.454 e. The van der Waals surface area contributed by atoms with Crippen molar-refractivity contribution in [1.29, 1.82) is 0 Å². The van der Waals surface area contributed by atoms with Crippen LogP contribution in [0.3, 0.4) is 0 Å². The smallest absolute Gasteiger partial charge is 0.340 e. The first-order valence-electron chi connectivity index (χ1n) is 9.24. The Morgan fingerprint density at radius 2 is 2.03 bits per heavy atom. The minimum atomic E-state index is -0.512. The van der Waals surface area contributed by atoms with Crippen molar-refractivity contribution in [2.45, 2.75) is 26.8 Å². The second-order valence-electron chi connectivity index (χ2n) is 7.05. The summed E-state index contributed by atoms with van der Waals surface area (Å²) in [4.78, 5) is 37.7. The van der Waals surface area contributed by atoms with Crippen molar-refractivity contribution in [3.63, 3.8) is 0 Å². The topological polar surface area (TPSA) is 77.4 Å². The van der Waals surface area contributed by atoms with Crippen LogP contribution < -0.4 is 5.32 Å². The number of fused-ring (bicyclic) bond motifs is 1.